The van der Waals surface area contributed by atoms with Crippen molar-refractivity contribution in [3.63, 3.8) is 0 Å². The summed E-state index contributed by atoms with van der Waals surface area (Å²) in [5, 5.41) is 3.30. The van der Waals surface area contributed by atoms with Gasteiger partial charge in [-0.3, -0.25) is 9.05 Å². The highest BCUT2D eigenvalue weighted by atomic mass is 31.1. The van der Waals surface area contributed by atoms with E-state index in [1.54, 1.807) is 28.4 Å². The molecule has 0 N–H and O–H groups in total. The molecule has 11 nitrogen and oxygen atoms in total. The van der Waals surface area contributed by atoms with E-state index in [9.17, 15) is 0 Å². The summed E-state index contributed by atoms with van der Waals surface area (Å²) in [6, 6.07) is 16.1. The van der Waals surface area contributed by atoms with Gasteiger partial charge < -0.3 is 40.5 Å². The minimum absolute atomic E-state index is 0.241. The Kier molecular flexibility index (Phi) is 12.1. The van der Waals surface area contributed by atoms with Crippen LogP contribution in [0.3, 0.4) is 0 Å². The quantitative estimate of drug-likeness (QED) is 0.145. The lowest BCUT2D eigenvalue weighted by Crippen LogP contribution is -2.33. The normalized spacial score (nSPS) is 16.5. The number of rotatable bonds is 8. The first-order valence-corrected chi connectivity index (χ1v) is 22.9. The highest BCUT2D eigenvalue weighted by molar-refractivity contribution is 7.32. The minimum Gasteiger partial charge on any atom is -0.497 e. The standard InChI is InChI=1S/C48H62O11P2/c1-45(2,3)35-21-27(49-13)17-31-32-18-28(50-14)22-36(46(4,5)6)42(32)57-60(56-41(31)35)54-39-25-53-26-40(39)55-61-58-43-33(19-29(51-15)23-37(43)47(7,8)9)34-20-30(52-16)24-38(44(34)59-61)48(10,11)12/h17-24,39-40H,25-26H2,1-16H3/t39-,40-/m1/s1. The number of hydrogen-bond acceptors (Lipinski definition) is 11. The summed E-state index contributed by atoms with van der Waals surface area (Å²) >= 11 is 0. The van der Waals surface area contributed by atoms with Crippen molar-refractivity contribution < 1.29 is 49.5 Å². The number of benzene rings is 4. The molecule has 6 aromatic rings. The van der Waals surface area contributed by atoms with Gasteiger partial charge in [0.1, 0.15) is 57.5 Å². The Morgan fingerprint density at radius 3 is 0.820 bits per heavy atom. The zero-order valence-corrected chi connectivity index (χ0v) is 40.4. The van der Waals surface area contributed by atoms with Crippen LogP contribution in [0.15, 0.2) is 65.3 Å². The Morgan fingerprint density at radius 1 is 0.393 bits per heavy atom. The molecule has 0 radical (unpaired) electrons. The summed E-state index contributed by atoms with van der Waals surface area (Å²) in [5.74, 6) is 2.83. The molecule has 0 spiro atoms. The molecule has 61 heavy (non-hydrogen) atoms. The molecule has 1 aliphatic rings. The van der Waals surface area contributed by atoms with Crippen LogP contribution in [-0.4, -0.2) is 53.9 Å². The zero-order valence-electron chi connectivity index (χ0n) is 38.6. The molecule has 7 rings (SSSR count). The molecular weight excluding hydrogens is 814 g/mol. The van der Waals surface area contributed by atoms with Crippen LogP contribution < -0.4 is 28.0 Å². The maximum atomic E-state index is 6.93. The van der Waals surface area contributed by atoms with Crippen LogP contribution in [0.4, 0.5) is 0 Å². The Labute approximate surface area is 361 Å². The molecule has 13 heteroatoms. The van der Waals surface area contributed by atoms with Crippen LogP contribution in [-0.2, 0) is 26.4 Å². The van der Waals surface area contributed by atoms with Gasteiger partial charge in [0.05, 0.1) is 41.7 Å². The van der Waals surface area contributed by atoms with Gasteiger partial charge in [-0.25, -0.2) is 0 Å². The molecule has 4 aromatic carbocycles. The minimum atomic E-state index is -2.07. The molecule has 0 bridgehead atoms. The Hall–Kier alpha value is -4.24. The summed E-state index contributed by atoms with van der Waals surface area (Å²) in [5.41, 5.74) is 5.12. The summed E-state index contributed by atoms with van der Waals surface area (Å²) in [7, 11) is 2.55. The molecule has 330 valence electrons. The summed E-state index contributed by atoms with van der Waals surface area (Å²) in [6.07, 6.45) is -1.20. The summed E-state index contributed by atoms with van der Waals surface area (Å²) in [6.45, 7) is 26.3. The van der Waals surface area contributed by atoms with Crippen LogP contribution in [0.5, 0.6) is 23.0 Å². The molecule has 0 aliphatic carbocycles. The van der Waals surface area contributed by atoms with Gasteiger partial charge in [0, 0.05) is 43.8 Å². The molecule has 1 fully saturated rings. The van der Waals surface area contributed by atoms with Gasteiger partial charge in [-0.05, 0) is 70.2 Å². The molecule has 2 atom stereocenters. The largest absolute Gasteiger partial charge is 0.497 e. The van der Waals surface area contributed by atoms with E-state index >= 15 is 0 Å². The van der Waals surface area contributed by atoms with Crippen molar-refractivity contribution in [1.29, 1.82) is 0 Å². The van der Waals surface area contributed by atoms with Crippen molar-refractivity contribution in [2.45, 2.75) is 117 Å². The monoisotopic (exact) mass is 876 g/mol. The van der Waals surface area contributed by atoms with E-state index in [4.69, 9.17) is 49.5 Å². The molecule has 1 saturated heterocycles. The average molecular weight is 877 g/mol. The Bertz CT molecular complexity index is 2330. The number of methoxy groups -OCH3 is 4. The second-order valence-electron chi connectivity index (χ2n) is 19.8. The fourth-order valence-electron chi connectivity index (χ4n) is 7.66. The fraction of sp³-hybridized carbons (Fsp3) is 0.500. The van der Waals surface area contributed by atoms with Crippen molar-refractivity contribution in [2.24, 2.45) is 0 Å². The molecular formula is C48H62O11P2. The number of ether oxygens (including phenoxy) is 5. The molecule has 3 heterocycles. The molecule has 0 unspecified atom stereocenters. The van der Waals surface area contributed by atoms with E-state index in [1.165, 1.54) is 0 Å². The highest BCUT2D eigenvalue weighted by Gasteiger charge is 2.36. The van der Waals surface area contributed by atoms with Crippen LogP contribution >= 0.6 is 16.5 Å². The van der Waals surface area contributed by atoms with Gasteiger partial charge >= 0.3 is 16.5 Å². The van der Waals surface area contributed by atoms with Crippen molar-refractivity contribution in [2.75, 3.05) is 41.7 Å². The number of hydrogen-bond donors (Lipinski definition) is 0. The van der Waals surface area contributed by atoms with Crippen LogP contribution in [0, 0.1) is 0 Å². The predicted molar refractivity (Wildman–Crippen MR) is 245 cm³/mol. The first-order chi connectivity index (χ1) is 28.5. The summed E-state index contributed by atoms with van der Waals surface area (Å²) in [4.78, 5) is 0. The van der Waals surface area contributed by atoms with Gasteiger partial charge in [-0.2, -0.15) is 0 Å². The molecule has 0 amide bonds. The molecule has 1 aliphatic heterocycles. The first kappa shape index (κ1) is 44.8. The average Bonchev–Trinajstić information content (AvgIpc) is 3.46. The fourth-order valence-corrected chi connectivity index (χ4v) is 10.1. The first-order valence-electron chi connectivity index (χ1n) is 20.7. The van der Waals surface area contributed by atoms with Crippen molar-refractivity contribution in [3.05, 3.63) is 70.8 Å². The van der Waals surface area contributed by atoms with Gasteiger partial charge in [0.2, 0.25) is 0 Å². The lowest BCUT2D eigenvalue weighted by molar-refractivity contribution is 0.149. The lowest BCUT2D eigenvalue weighted by Gasteiger charge is -2.21. The van der Waals surface area contributed by atoms with E-state index in [-0.39, 0.29) is 34.9 Å². The SMILES string of the molecule is COc1cc(C(C)(C)C)c2op(O[C@@H]3COC[C@H]3Op3oc4c(C(C)(C)C)cc(OC)cc4c4cc(OC)cc(C(C)(C)C)c4o3)oc3c(C(C)(C)C)cc(OC)cc3c2c1. The predicted octanol–water partition coefficient (Wildman–Crippen LogP) is 13.4. The molecule has 0 saturated carbocycles. The van der Waals surface area contributed by atoms with Gasteiger partial charge in [-0.15, -0.1) is 0 Å². The van der Waals surface area contributed by atoms with E-state index < -0.39 is 28.7 Å². The smallest absolute Gasteiger partial charge is 0.387 e. The topological polar surface area (TPSA) is 117 Å². The van der Waals surface area contributed by atoms with Crippen LogP contribution in [0.2, 0.25) is 0 Å². The van der Waals surface area contributed by atoms with E-state index in [0.717, 1.165) is 43.8 Å². The maximum absolute atomic E-state index is 6.93. The Balaban J connectivity index is 1.45. The van der Waals surface area contributed by atoms with Crippen molar-refractivity contribution in [1.82, 2.24) is 0 Å². The Morgan fingerprint density at radius 2 is 0.623 bits per heavy atom. The van der Waals surface area contributed by atoms with Gasteiger partial charge in [-0.1, -0.05) is 83.1 Å². The number of fused-ring (bicyclic) bond motifs is 6. The van der Waals surface area contributed by atoms with E-state index in [1.807, 2.05) is 48.5 Å². The van der Waals surface area contributed by atoms with E-state index in [0.29, 0.717) is 45.3 Å². The zero-order chi connectivity index (χ0) is 44.4. The van der Waals surface area contributed by atoms with E-state index in [2.05, 4.69) is 83.1 Å². The van der Waals surface area contributed by atoms with Crippen LogP contribution in [0.25, 0.3) is 43.9 Å². The van der Waals surface area contributed by atoms with Crippen LogP contribution in [0.1, 0.15) is 105 Å². The third-order valence-electron chi connectivity index (χ3n) is 11.1. The van der Waals surface area contributed by atoms with Gasteiger partial charge in [0.15, 0.2) is 0 Å². The highest BCUT2D eigenvalue weighted by Crippen LogP contribution is 2.48. The third-order valence-corrected chi connectivity index (χ3v) is 13.3. The second kappa shape index (κ2) is 16.5. The third kappa shape index (κ3) is 9.01. The lowest BCUT2D eigenvalue weighted by atomic mass is 9.84. The van der Waals surface area contributed by atoms with Crippen molar-refractivity contribution in [3.8, 4) is 23.0 Å². The van der Waals surface area contributed by atoms with Gasteiger partial charge in [0.25, 0.3) is 0 Å². The maximum Gasteiger partial charge on any atom is 0.387 e. The summed E-state index contributed by atoms with van der Waals surface area (Å²) < 4.78 is 71.1. The molecule has 2 aromatic heterocycles. The van der Waals surface area contributed by atoms with Crippen molar-refractivity contribution >= 4 is 60.4 Å². The second-order valence-corrected chi connectivity index (χ2v) is 21.9.